The molecule has 1 N–H and O–H groups in total. The highest BCUT2D eigenvalue weighted by atomic mass is 19.1. The monoisotopic (exact) mass is 284 g/mol. The van der Waals surface area contributed by atoms with Gasteiger partial charge in [0.1, 0.15) is 11.6 Å². The van der Waals surface area contributed by atoms with Crippen molar-refractivity contribution in [1.82, 2.24) is 0 Å². The minimum Gasteiger partial charge on any atom is -0.481 e. The number of nitriles is 1. The van der Waals surface area contributed by atoms with Gasteiger partial charge in [0.2, 0.25) is 0 Å². The van der Waals surface area contributed by atoms with Gasteiger partial charge in [-0.2, -0.15) is 5.26 Å². The van der Waals surface area contributed by atoms with Gasteiger partial charge in [-0.25, -0.2) is 4.39 Å². The molecular formula is C16H13FN2O2. The molecule has 0 spiro atoms. The van der Waals surface area contributed by atoms with Crippen molar-refractivity contribution < 1.29 is 13.9 Å². The Morgan fingerprint density at radius 1 is 1.29 bits per heavy atom. The Morgan fingerprint density at radius 3 is 2.76 bits per heavy atom. The Bertz CT molecular complexity index is 695. The summed E-state index contributed by atoms with van der Waals surface area (Å²) in [6, 6.07) is 14.1. The van der Waals surface area contributed by atoms with E-state index in [1.165, 1.54) is 18.2 Å². The van der Waals surface area contributed by atoms with E-state index in [2.05, 4.69) is 5.32 Å². The zero-order chi connectivity index (χ0) is 15.2. The lowest BCUT2D eigenvalue weighted by atomic mass is 10.2. The maximum atomic E-state index is 13.0. The molecule has 0 saturated heterocycles. The van der Waals surface area contributed by atoms with E-state index in [0.29, 0.717) is 17.0 Å². The van der Waals surface area contributed by atoms with Crippen LogP contribution in [0.3, 0.4) is 0 Å². The third kappa shape index (κ3) is 4.05. The Morgan fingerprint density at radius 2 is 2.05 bits per heavy atom. The third-order valence-corrected chi connectivity index (χ3v) is 2.74. The smallest absolute Gasteiger partial charge is 0.265 e. The van der Waals surface area contributed by atoms with Crippen LogP contribution in [0.25, 0.3) is 0 Å². The number of anilines is 1. The van der Waals surface area contributed by atoms with Gasteiger partial charge >= 0.3 is 0 Å². The van der Waals surface area contributed by atoms with E-state index < -0.39 is 17.8 Å². The van der Waals surface area contributed by atoms with Gasteiger partial charge in [0.25, 0.3) is 5.91 Å². The van der Waals surface area contributed by atoms with Crippen LogP contribution >= 0.6 is 0 Å². The molecule has 0 aliphatic carbocycles. The van der Waals surface area contributed by atoms with E-state index in [9.17, 15) is 9.18 Å². The highest BCUT2D eigenvalue weighted by molar-refractivity contribution is 5.94. The Labute approximate surface area is 121 Å². The SMILES string of the molecule is CC(Oc1cccc(C#N)c1)C(=O)Nc1cccc(F)c1. The highest BCUT2D eigenvalue weighted by Crippen LogP contribution is 2.15. The molecule has 0 heterocycles. The molecule has 0 aromatic heterocycles. The fourth-order valence-corrected chi connectivity index (χ4v) is 1.71. The predicted octanol–water partition coefficient (Wildman–Crippen LogP) is 3.10. The van der Waals surface area contributed by atoms with Crippen LogP contribution in [0.5, 0.6) is 5.75 Å². The van der Waals surface area contributed by atoms with E-state index in [4.69, 9.17) is 10.00 Å². The summed E-state index contributed by atoms with van der Waals surface area (Å²) in [5, 5.41) is 11.4. The molecule has 2 aromatic carbocycles. The molecule has 4 nitrogen and oxygen atoms in total. The van der Waals surface area contributed by atoms with Gasteiger partial charge in [-0.15, -0.1) is 0 Å². The molecule has 21 heavy (non-hydrogen) atoms. The van der Waals surface area contributed by atoms with Crippen LogP contribution < -0.4 is 10.1 Å². The van der Waals surface area contributed by atoms with E-state index in [1.54, 1.807) is 37.3 Å². The number of halogens is 1. The second-order valence-corrected chi connectivity index (χ2v) is 4.40. The Hall–Kier alpha value is -2.87. The van der Waals surface area contributed by atoms with Crippen LogP contribution in [0.2, 0.25) is 0 Å². The van der Waals surface area contributed by atoms with Gasteiger partial charge in [0, 0.05) is 5.69 Å². The average Bonchev–Trinajstić information content (AvgIpc) is 2.47. The molecule has 1 unspecified atom stereocenters. The second kappa shape index (κ2) is 6.53. The van der Waals surface area contributed by atoms with Crippen molar-refractivity contribution in [2.45, 2.75) is 13.0 Å². The van der Waals surface area contributed by atoms with Gasteiger partial charge < -0.3 is 10.1 Å². The summed E-state index contributed by atoms with van der Waals surface area (Å²) in [5.41, 5.74) is 0.812. The highest BCUT2D eigenvalue weighted by Gasteiger charge is 2.15. The first-order valence-corrected chi connectivity index (χ1v) is 6.32. The summed E-state index contributed by atoms with van der Waals surface area (Å²) >= 11 is 0. The van der Waals surface area contributed by atoms with Gasteiger partial charge in [-0.1, -0.05) is 12.1 Å². The first-order valence-electron chi connectivity index (χ1n) is 6.32. The van der Waals surface area contributed by atoms with E-state index in [0.717, 1.165) is 0 Å². The number of amides is 1. The van der Waals surface area contributed by atoms with Crippen molar-refractivity contribution >= 4 is 11.6 Å². The van der Waals surface area contributed by atoms with Gasteiger partial charge in [-0.3, -0.25) is 4.79 Å². The average molecular weight is 284 g/mol. The number of ether oxygens (including phenoxy) is 1. The van der Waals surface area contributed by atoms with Gasteiger partial charge in [0.15, 0.2) is 6.10 Å². The summed E-state index contributed by atoms with van der Waals surface area (Å²) in [4.78, 5) is 12.0. The van der Waals surface area contributed by atoms with Crippen LogP contribution in [0.1, 0.15) is 12.5 Å². The maximum absolute atomic E-state index is 13.0. The van der Waals surface area contributed by atoms with E-state index in [1.807, 2.05) is 6.07 Å². The molecule has 2 aromatic rings. The molecule has 0 aliphatic heterocycles. The topological polar surface area (TPSA) is 62.1 Å². The van der Waals surface area contributed by atoms with Crippen LogP contribution in [0, 0.1) is 17.1 Å². The first-order chi connectivity index (χ1) is 10.1. The van der Waals surface area contributed by atoms with Crippen LogP contribution in [-0.2, 0) is 4.79 Å². The van der Waals surface area contributed by atoms with E-state index in [-0.39, 0.29) is 0 Å². The Balaban J connectivity index is 2.01. The molecule has 0 bridgehead atoms. The second-order valence-electron chi connectivity index (χ2n) is 4.40. The van der Waals surface area contributed by atoms with Crippen molar-refractivity contribution in [3.05, 3.63) is 59.9 Å². The number of hydrogen-bond acceptors (Lipinski definition) is 3. The summed E-state index contributed by atoms with van der Waals surface area (Å²) in [7, 11) is 0. The van der Waals surface area contributed by atoms with Crippen molar-refractivity contribution in [1.29, 1.82) is 5.26 Å². The lowest BCUT2D eigenvalue weighted by Crippen LogP contribution is -2.30. The summed E-state index contributed by atoms with van der Waals surface area (Å²) in [5.74, 6) is -0.401. The predicted molar refractivity (Wildman–Crippen MR) is 76.3 cm³/mol. The standard InChI is InChI=1S/C16H13FN2O2/c1-11(21-15-7-2-4-12(8-15)10-18)16(20)19-14-6-3-5-13(17)9-14/h2-9,11H,1H3,(H,19,20). The number of rotatable bonds is 4. The molecule has 2 rings (SSSR count). The van der Waals surface area contributed by atoms with Crippen molar-refractivity contribution in [2.24, 2.45) is 0 Å². The third-order valence-electron chi connectivity index (χ3n) is 2.74. The lowest BCUT2D eigenvalue weighted by molar-refractivity contribution is -0.122. The van der Waals surface area contributed by atoms with Crippen molar-refractivity contribution in [3.63, 3.8) is 0 Å². The van der Waals surface area contributed by atoms with E-state index >= 15 is 0 Å². The Kier molecular flexibility index (Phi) is 4.52. The number of benzene rings is 2. The molecule has 1 atom stereocenters. The minimum absolute atomic E-state index is 0.362. The van der Waals surface area contributed by atoms with Crippen molar-refractivity contribution in [3.8, 4) is 11.8 Å². The largest absolute Gasteiger partial charge is 0.481 e. The number of hydrogen-bond donors (Lipinski definition) is 1. The van der Waals surface area contributed by atoms with Gasteiger partial charge in [0.05, 0.1) is 11.6 Å². The minimum atomic E-state index is -0.776. The van der Waals surface area contributed by atoms with Crippen LogP contribution in [0.15, 0.2) is 48.5 Å². The molecule has 1 amide bonds. The molecule has 0 fully saturated rings. The molecule has 0 radical (unpaired) electrons. The zero-order valence-electron chi connectivity index (χ0n) is 11.3. The number of carbonyl (C=O) groups is 1. The normalized spacial score (nSPS) is 11.3. The molecular weight excluding hydrogens is 271 g/mol. The van der Waals surface area contributed by atoms with Crippen molar-refractivity contribution in [2.75, 3.05) is 5.32 Å². The van der Waals surface area contributed by atoms with Gasteiger partial charge in [-0.05, 0) is 43.3 Å². The lowest BCUT2D eigenvalue weighted by Gasteiger charge is -2.14. The molecule has 0 saturated carbocycles. The fourth-order valence-electron chi connectivity index (χ4n) is 1.71. The molecule has 5 heteroatoms. The number of nitrogens with one attached hydrogen (secondary N) is 1. The van der Waals surface area contributed by atoms with Crippen LogP contribution in [0.4, 0.5) is 10.1 Å². The quantitative estimate of drug-likeness (QED) is 0.938. The molecule has 106 valence electrons. The first kappa shape index (κ1) is 14.5. The molecule has 0 aliphatic rings. The van der Waals surface area contributed by atoms with Crippen LogP contribution in [-0.4, -0.2) is 12.0 Å². The zero-order valence-corrected chi connectivity index (χ0v) is 11.3. The maximum Gasteiger partial charge on any atom is 0.265 e. The number of nitrogens with zero attached hydrogens (tertiary/aromatic N) is 1. The summed E-state index contributed by atoms with van der Waals surface area (Å²) in [6.07, 6.45) is -0.776. The number of carbonyl (C=O) groups excluding carboxylic acids is 1. The summed E-state index contributed by atoms with van der Waals surface area (Å²) < 4.78 is 18.5. The fraction of sp³-hybridized carbons (Fsp3) is 0.125. The summed E-state index contributed by atoms with van der Waals surface area (Å²) in [6.45, 7) is 1.58.